The zero-order valence-corrected chi connectivity index (χ0v) is 12.3. The molecule has 0 aliphatic carbocycles. The first kappa shape index (κ1) is 15.1. The van der Waals surface area contributed by atoms with Crippen LogP contribution < -0.4 is 19.5 Å². The largest absolute Gasteiger partial charge is 0.493 e. The van der Waals surface area contributed by atoms with Crippen LogP contribution in [0.1, 0.15) is 5.56 Å². The second-order valence-electron chi connectivity index (χ2n) is 4.38. The number of nitrogens with zero attached hydrogens (tertiary/aromatic N) is 1. The van der Waals surface area contributed by atoms with Gasteiger partial charge < -0.3 is 19.5 Å². The molecular formula is C16H20N2O3. The lowest BCUT2D eigenvalue weighted by atomic mass is 10.2. The summed E-state index contributed by atoms with van der Waals surface area (Å²) in [5.41, 5.74) is 1.12. The van der Waals surface area contributed by atoms with Crippen molar-refractivity contribution < 1.29 is 14.2 Å². The van der Waals surface area contributed by atoms with Crippen LogP contribution in [-0.4, -0.2) is 32.4 Å². The number of hydrogen-bond donors (Lipinski definition) is 1. The van der Waals surface area contributed by atoms with E-state index < -0.39 is 0 Å². The quantitative estimate of drug-likeness (QED) is 0.755. The lowest BCUT2D eigenvalue weighted by Gasteiger charge is -2.11. The summed E-state index contributed by atoms with van der Waals surface area (Å²) in [5.74, 6) is 2.13. The van der Waals surface area contributed by atoms with Crippen molar-refractivity contribution in [2.45, 2.75) is 6.54 Å². The fraction of sp³-hybridized carbons (Fsp3) is 0.312. The Morgan fingerprint density at radius 3 is 2.62 bits per heavy atom. The molecule has 2 aromatic rings. The molecule has 112 valence electrons. The second-order valence-corrected chi connectivity index (χ2v) is 4.38. The van der Waals surface area contributed by atoms with Crippen LogP contribution in [0.3, 0.4) is 0 Å². The van der Waals surface area contributed by atoms with E-state index in [1.165, 1.54) is 0 Å². The van der Waals surface area contributed by atoms with Gasteiger partial charge in [0.25, 0.3) is 0 Å². The van der Waals surface area contributed by atoms with Gasteiger partial charge in [0.2, 0.25) is 5.88 Å². The molecule has 2 rings (SSSR count). The van der Waals surface area contributed by atoms with Gasteiger partial charge in [0.15, 0.2) is 11.5 Å². The van der Waals surface area contributed by atoms with Crippen molar-refractivity contribution in [3.05, 3.63) is 48.2 Å². The maximum Gasteiger partial charge on any atom is 0.213 e. The molecule has 0 radical (unpaired) electrons. The van der Waals surface area contributed by atoms with E-state index >= 15 is 0 Å². The van der Waals surface area contributed by atoms with Crippen LogP contribution in [-0.2, 0) is 6.54 Å². The van der Waals surface area contributed by atoms with Gasteiger partial charge in [-0.05, 0) is 23.8 Å². The van der Waals surface area contributed by atoms with Gasteiger partial charge in [-0.15, -0.1) is 0 Å². The molecule has 0 spiro atoms. The maximum atomic E-state index is 5.69. The SMILES string of the molecule is COc1cc(CNCCOc2ccccc2OC)ccn1. The molecule has 5 heteroatoms. The highest BCUT2D eigenvalue weighted by Crippen LogP contribution is 2.25. The molecule has 0 aliphatic heterocycles. The van der Waals surface area contributed by atoms with E-state index in [-0.39, 0.29) is 0 Å². The summed E-state index contributed by atoms with van der Waals surface area (Å²) in [6.07, 6.45) is 1.74. The number of ether oxygens (including phenoxy) is 3. The summed E-state index contributed by atoms with van der Waals surface area (Å²) in [6.45, 7) is 2.06. The summed E-state index contributed by atoms with van der Waals surface area (Å²) in [7, 11) is 3.25. The van der Waals surface area contributed by atoms with Crippen LogP contribution in [0, 0.1) is 0 Å². The highest BCUT2D eigenvalue weighted by Gasteiger charge is 2.02. The Balaban J connectivity index is 1.72. The van der Waals surface area contributed by atoms with Gasteiger partial charge in [-0.25, -0.2) is 4.98 Å². The molecule has 5 nitrogen and oxygen atoms in total. The molecule has 1 aromatic heterocycles. The van der Waals surface area contributed by atoms with Crippen molar-refractivity contribution >= 4 is 0 Å². The van der Waals surface area contributed by atoms with Crippen molar-refractivity contribution in [1.29, 1.82) is 0 Å². The van der Waals surface area contributed by atoms with Crippen LogP contribution in [0.5, 0.6) is 17.4 Å². The number of methoxy groups -OCH3 is 2. The Labute approximate surface area is 124 Å². The number of aromatic nitrogens is 1. The Hall–Kier alpha value is -2.27. The molecule has 1 N–H and O–H groups in total. The fourth-order valence-corrected chi connectivity index (χ4v) is 1.88. The van der Waals surface area contributed by atoms with Crippen molar-refractivity contribution in [2.75, 3.05) is 27.4 Å². The van der Waals surface area contributed by atoms with Crippen molar-refractivity contribution in [3.63, 3.8) is 0 Å². The molecule has 0 amide bonds. The number of benzene rings is 1. The molecule has 0 saturated heterocycles. The van der Waals surface area contributed by atoms with Gasteiger partial charge in [0, 0.05) is 25.4 Å². The molecule has 1 heterocycles. The van der Waals surface area contributed by atoms with E-state index in [9.17, 15) is 0 Å². The number of para-hydroxylation sites is 2. The van der Waals surface area contributed by atoms with E-state index in [1.807, 2.05) is 36.4 Å². The van der Waals surface area contributed by atoms with Gasteiger partial charge in [-0.3, -0.25) is 0 Å². The minimum atomic E-state index is 0.572. The third kappa shape index (κ3) is 4.65. The molecule has 21 heavy (non-hydrogen) atoms. The predicted octanol–water partition coefficient (Wildman–Crippen LogP) is 2.27. The van der Waals surface area contributed by atoms with E-state index in [0.717, 1.165) is 30.2 Å². The number of rotatable bonds is 8. The molecule has 0 saturated carbocycles. The third-order valence-corrected chi connectivity index (χ3v) is 2.94. The Morgan fingerprint density at radius 1 is 1.05 bits per heavy atom. The molecule has 0 bridgehead atoms. The minimum Gasteiger partial charge on any atom is -0.493 e. The molecule has 1 aromatic carbocycles. The number of hydrogen-bond acceptors (Lipinski definition) is 5. The standard InChI is InChI=1S/C16H20N2O3/c1-19-14-5-3-4-6-15(14)21-10-9-17-12-13-7-8-18-16(11-13)20-2/h3-8,11,17H,9-10,12H2,1-2H3. The van der Waals surface area contributed by atoms with Crippen LogP contribution in [0.25, 0.3) is 0 Å². The zero-order chi connectivity index (χ0) is 14.9. The molecule has 0 unspecified atom stereocenters. The highest BCUT2D eigenvalue weighted by molar-refractivity contribution is 5.39. The molecular weight excluding hydrogens is 268 g/mol. The third-order valence-electron chi connectivity index (χ3n) is 2.94. The van der Waals surface area contributed by atoms with Crippen LogP contribution in [0.4, 0.5) is 0 Å². The van der Waals surface area contributed by atoms with Crippen LogP contribution >= 0.6 is 0 Å². The van der Waals surface area contributed by atoms with Gasteiger partial charge in [-0.2, -0.15) is 0 Å². The first-order valence-electron chi connectivity index (χ1n) is 6.79. The molecule has 0 atom stereocenters. The Kier molecular flexibility index (Phi) is 5.84. The normalized spacial score (nSPS) is 10.2. The lowest BCUT2D eigenvalue weighted by Crippen LogP contribution is -2.20. The summed E-state index contributed by atoms with van der Waals surface area (Å²) >= 11 is 0. The summed E-state index contributed by atoms with van der Waals surface area (Å²) < 4.78 is 16.0. The Morgan fingerprint density at radius 2 is 1.86 bits per heavy atom. The smallest absolute Gasteiger partial charge is 0.213 e. The fourth-order valence-electron chi connectivity index (χ4n) is 1.88. The highest BCUT2D eigenvalue weighted by atomic mass is 16.5. The van der Waals surface area contributed by atoms with Crippen LogP contribution in [0.15, 0.2) is 42.6 Å². The zero-order valence-electron chi connectivity index (χ0n) is 12.3. The first-order valence-corrected chi connectivity index (χ1v) is 6.79. The minimum absolute atomic E-state index is 0.572. The van der Waals surface area contributed by atoms with Crippen molar-refractivity contribution in [3.8, 4) is 17.4 Å². The van der Waals surface area contributed by atoms with Gasteiger partial charge in [-0.1, -0.05) is 12.1 Å². The van der Waals surface area contributed by atoms with E-state index in [4.69, 9.17) is 14.2 Å². The van der Waals surface area contributed by atoms with Gasteiger partial charge in [0.1, 0.15) is 6.61 Å². The maximum absolute atomic E-state index is 5.69. The second kappa shape index (κ2) is 8.11. The number of nitrogens with one attached hydrogen (secondary N) is 1. The topological polar surface area (TPSA) is 52.6 Å². The van der Waals surface area contributed by atoms with E-state index in [2.05, 4.69) is 10.3 Å². The molecule has 0 fully saturated rings. The number of pyridine rings is 1. The van der Waals surface area contributed by atoms with E-state index in [0.29, 0.717) is 12.5 Å². The van der Waals surface area contributed by atoms with Crippen molar-refractivity contribution in [1.82, 2.24) is 10.3 Å². The van der Waals surface area contributed by atoms with E-state index in [1.54, 1.807) is 20.4 Å². The average molecular weight is 288 g/mol. The van der Waals surface area contributed by atoms with Crippen LogP contribution in [0.2, 0.25) is 0 Å². The average Bonchev–Trinajstić information content (AvgIpc) is 2.55. The monoisotopic (exact) mass is 288 g/mol. The summed E-state index contributed by atoms with van der Waals surface area (Å²) in [5, 5.41) is 3.31. The molecule has 0 aliphatic rings. The first-order chi connectivity index (χ1) is 10.3. The van der Waals surface area contributed by atoms with Gasteiger partial charge in [0.05, 0.1) is 14.2 Å². The van der Waals surface area contributed by atoms with Crippen molar-refractivity contribution in [2.24, 2.45) is 0 Å². The lowest BCUT2D eigenvalue weighted by molar-refractivity contribution is 0.292. The predicted molar refractivity (Wildman–Crippen MR) is 81.0 cm³/mol. The summed E-state index contributed by atoms with van der Waals surface area (Å²) in [6, 6.07) is 11.5. The Bertz CT molecular complexity index is 561. The van der Waals surface area contributed by atoms with Gasteiger partial charge >= 0.3 is 0 Å². The summed E-state index contributed by atoms with van der Waals surface area (Å²) in [4.78, 5) is 4.07.